The van der Waals surface area contributed by atoms with Crippen LogP contribution in [0.4, 0.5) is 4.39 Å². The summed E-state index contributed by atoms with van der Waals surface area (Å²) in [5.74, 6) is -0.216. The fourth-order valence-electron chi connectivity index (χ4n) is 1.97. The molecular formula is C15H16FN3S2. The molecule has 1 aromatic carbocycles. The van der Waals surface area contributed by atoms with E-state index in [2.05, 4.69) is 28.5 Å². The monoisotopic (exact) mass is 321 g/mol. The van der Waals surface area contributed by atoms with E-state index in [4.69, 9.17) is 0 Å². The molecule has 2 heterocycles. The van der Waals surface area contributed by atoms with E-state index in [-0.39, 0.29) is 5.82 Å². The maximum atomic E-state index is 13.0. The number of benzene rings is 1. The fourth-order valence-corrected chi connectivity index (χ4v) is 3.68. The van der Waals surface area contributed by atoms with E-state index in [1.807, 2.05) is 11.6 Å². The highest BCUT2D eigenvalue weighted by Gasteiger charge is 2.14. The lowest BCUT2D eigenvalue weighted by Gasteiger charge is -2.09. The molecule has 1 N–H and O–H groups in total. The van der Waals surface area contributed by atoms with E-state index < -0.39 is 0 Å². The first kappa shape index (κ1) is 14.6. The first-order chi connectivity index (χ1) is 10.1. The van der Waals surface area contributed by atoms with Crippen LogP contribution in [0.1, 0.15) is 19.5 Å². The number of thiazole rings is 1. The molecule has 6 heteroatoms. The fraction of sp³-hybridized carbons (Fsp3) is 0.267. The van der Waals surface area contributed by atoms with Crippen LogP contribution >= 0.6 is 23.1 Å². The molecule has 2 aromatic heterocycles. The summed E-state index contributed by atoms with van der Waals surface area (Å²) >= 11 is 3.19. The van der Waals surface area contributed by atoms with Crippen molar-refractivity contribution >= 4 is 28.1 Å². The van der Waals surface area contributed by atoms with Crippen LogP contribution in [0.5, 0.6) is 0 Å². The van der Waals surface area contributed by atoms with Gasteiger partial charge in [-0.1, -0.05) is 25.6 Å². The lowest BCUT2D eigenvalue weighted by atomic mass is 10.3. The molecule has 3 nitrogen and oxygen atoms in total. The normalized spacial score (nSPS) is 11.6. The van der Waals surface area contributed by atoms with E-state index in [0.717, 1.165) is 27.1 Å². The molecule has 21 heavy (non-hydrogen) atoms. The molecule has 0 unspecified atom stereocenters. The quantitative estimate of drug-likeness (QED) is 0.764. The Morgan fingerprint density at radius 3 is 2.81 bits per heavy atom. The molecule has 0 aliphatic rings. The molecule has 0 atom stereocenters. The summed E-state index contributed by atoms with van der Waals surface area (Å²) in [7, 11) is 0. The van der Waals surface area contributed by atoms with Gasteiger partial charge < -0.3 is 5.32 Å². The summed E-state index contributed by atoms with van der Waals surface area (Å²) in [4.78, 5) is 6.66. The van der Waals surface area contributed by atoms with Gasteiger partial charge in [-0.05, 0) is 24.3 Å². The summed E-state index contributed by atoms with van der Waals surface area (Å²) in [5, 5.41) is 6.44. The van der Waals surface area contributed by atoms with Crippen molar-refractivity contribution < 1.29 is 4.39 Å². The number of halogens is 1. The lowest BCUT2D eigenvalue weighted by Crippen LogP contribution is -2.22. The largest absolute Gasteiger partial charge is 0.309 e. The van der Waals surface area contributed by atoms with Crippen LogP contribution in [0.3, 0.4) is 0 Å². The third-order valence-corrected chi connectivity index (χ3v) is 4.81. The molecule has 0 saturated carbocycles. The first-order valence-corrected chi connectivity index (χ1v) is 8.44. The van der Waals surface area contributed by atoms with Crippen molar-refractivity contribution in [1.82, 2.24) is 14.7 Å². The van der Waals surface area contributed by atoms with Gasteiger partial charge in [-0.2, -0.15) is 0 Å². The molecule has 0 amide bonds. The number of fused-ring (bicyclic) bond motifs is 1. The molecule has 0 spiro atoms. The molecule has 0 aliphatic carbocycles. The number of aromatic nitrogens is 2. The molecule has 3 aromatic rings. The second-order valence-electron chi connectivity index (χ2n) is 5.01. The van der Waals surface area contributed by atoms with Crippen molar-refractivity contribution in [3.05, 3.63) is 47.4 Å². The van der Waals surface area contributed by atoms with Crippen molar-refractivity contribution in [2.75, 3.05) is 0 Å². The average Bonchev–Trinajstić information content (AvgIpc) is 3.00. The number of hydrogen-bond acceptors (Lipinski definition) is 4. The van der Waals surface area contributed by atoms with Crippen LogP contribution < -0.4 is 5.32 Å². The topological polar surface area (TPSA) is 29.3 Å². The summed E-state index contributed by atoms with van der Waals surface area (Å²) in [5.41, 5.74) is 1.15. The highest BCUT2D eigenvalue weighted by Crippen LogP contribution is 2.31. The number of nitrogens with zero attached hydrogens (tertiary/aromatic N) is 2. The predicted molar refractivity (Wildman–Crippen MR) is 85.6 cm³/mol. The molecule has 0 saturated heterocycles. The maximum Gasteiger partial charge on any atom is 0.194 e. The average molecular weight is 321 g/mol. The van der Waals surface area contributed by atoms with Gasteiger partial charge in [0.25, 0.3) is 0 Å². The smallest absolute Gasteiger partial charge is 0.194 e. The van der Waals surface area contributed by atoms with Crippen molar-refractivity contribution in [3.63, 3.8) is 0 Å². The van der Waals surface area contributed by atoms with E-state index in [1.54, 1.807) is 35.2 Å². The molecule has 0 bridgehead atoms. The lowest BCUT2D eigenvalue weighted by molar-refractivity contribution is 0.574. The van der Waals surface area contributed by atoms with Gasteiger partial charge in [0.05, 0.1) is 5.69 Å². The van der Waals surface area contributed by atoms with Crippen LogP contribution in [0.15, 0.2) is 45.8 Å². The van der Waals surface area contributed by atoms with E-state index in [9.17, 15) is 4.39 Å². The minimum Gasteiger partial charge on any atom is -0.309 e. The maximum absolute atomic E-state index is 13.0. The molecule has 110 valence electrons. The van der Waals surface area contributed by atoms with Crippen LogP contribution in [0.25, 0.3) is 4.96 Å². The van der Waals surface area contributed by atoms with Crippen molar-refractivity contribution in [2.45, 2.75) is 36.4 Å². The first-order valence-electron chi connectivity index (χ1n) is 6.74. The third-order valence-electron chi connectivity index (χ3n) is 3.03. The van der Waals surface area contributed by atoms with Gasteiger partial charge in [-0.15, -0.1) is 11.3 Å². The Balaban J connectivity index is 1.91. The Morgan fingerprint density at radius 1 is 1.33 bits per heavy atom. The van der Waals surface area contributed by atoms with Gasteiger partial charge >= 0.3 is 0 Å². The van der Waals surface area contributed by atoms with Crippen molar-refractivity contribution in [2.24, 2.45) is 0 Å². The standard InChI is InChI=1S/C15H16FN3S2/c1-10(2)17-9-13-14(18-15-19(13)7-8-20-15)21-12-5-3-11(16)4-6-12/h3-8,10,17H,9H2,1-2H3. The van der Waals surface area contributed by atoms with Crippen molar-refractivity contribution in [1.29, 1.82) is 0 Å². The minimum atomic E-state index is -0.216. The van der Waals surface area contributed by atoms with Crippen LogP contribution in [0, 0.1) is 5.82 Å². The van der Waals surface area contributed by atoms with Crippen LogP contribution in [-0.2, 0) is 6.54 Å². The summed E-state index contributed by atoms with van der Waals surface area (Å²) in [6.45, 7) is 5.01. The predicted octanol–water partition coefficient (Wildman–Crippen LogP) is 4.18. The number of rotatable bonds is 5. The second-order valence-corrected chi connectivity index (χ2v) is 6.95. The molecule has 3 rings (SSSR count). The van der Waals surface area contributed by atoms with Crippen LogP contribution in [-0.4, -0.2) is 15.4 Å². The highest BCUT2D eigenvalue weighted by molar-refractivity contribution is 7.99. The zero-order chi connectivity index (χ0) is 14.8. The Kier molecular flexibility index (Phi) is 4.28. The van der Waals surface area contributed by atoms with E-state index >= 15 is 0 Å². The van der Waals surface area contributed by atoms with Gasteiger partial charge in [0.15, 0.2) is 4.96 Å². The van der Waals surface area contributed by atoms with Gasteiger partial charge in [-0.3, -0.25) is 4.40 Å². The number of imidazole rings is 1. The number of hydrogen-bond donors (Lipinski definition) is 1. The van der Waals surface area contributed by atoms with E-state index in [1.165, 1.54) is 12.1 Å². The SMILES string of the molecule is CC(C)NCc1c(Sc2ccc(F)cc2)nc2sccn12. The van der Waals surface area contributed by atoms with Gasteiger partial charge in [0.2, 0.25) is 0 Å². The molecule has 0 radical (unpaired) electrons. The summed E-state index contributed by atoms with van der Waals surface area (Å²) < 4.78 is 15.1. The summed E-state index contributed by atoms with van der Waals surface area (Å²) in [6.07, 6.45) is 2.04. The highest BCUT2D eigenvalue weighted by atomic mass is 32.2. The summed E-state index contributed by atoms with van der Waals surface area (Å²) in [6, 6.07) is 6.94. The Morgan fingerprint density at radius 2 is 2.10 bits per heavy atom. The Hall–Kier alpha value is -1.37. The van der Waals surface area contributed by atoms with Gasteiger partial charge in [0.1, 0.15) is 10.8 Å². The Bertz CT molecular complexity index is 731. The zero-order valence-corrected chi connectivity index (χ0v) is 13.5. The van der Waals surface area contributed by atoms with Gasteiger partial charge in [0, 0.05) is 29.1 Å². The van der Waals surface area contributed by atoms with Crippen molar-refractivity contribution in [3.8, 4) is 0 Å². The Labute approximate surface area is 131 Å². The molecule has 0 aliphatic heterocycles. The number of nitrogens with one attached hydrogen (secondary N) is 1. The third kappa shape index (κ3) is 3.28. The minimum absolute atomic E-state index is 0.216. The van der Waals surface area contributed by atoms with Crippen LogP contribution in [0.2, 0.25) is 0 Å². The molecule has 0 fully saturated rings. The molecular weight excluding hydrogens is 305 g/mol. The zero-order valence-electron chi connectivity index (χ0n) is 11.8. The van der Waals surface area contributed by atoms with Gasteiger partial charge in [-0.25, -0.2) is 9.37 Å². The van der Waals surface area contributed by atoms with E-state index in [0.29, 0.717) is 6.04 Å². The second kappa shape index (κ2) is 6.17.